The second-order valence-electron chi connectivity index (χ2n) is 28.8. The van der Waals surface area contributed by atoms with Gasteiger partial charge in [-0.2, -0.15) is 0 Å². The Morgan fingerprint density at radius 3 is 1.46 bits per heavy atom. The zero-order chi connectivity index (χ0) is 51.1. The Balaban J connectivity index is 1.30. The minimum Gasteiger partial charge on any atom is -0.311 e. The molecule has 0 aromatic heterocycles. The van der Waals surface area contributed by atoms with Crippen molar-refractivity contribution in [2.45, 2.75) is 207 Å². The van der Waals surface area contributed by atoms with E-state index in [1.165, 1.54) is 137 Å². The lowest BCUT2D eigenvalue weighted by atomic mass is 9.32. The third-order valence-corrected chi connectivity index (χ3v) is 19.5. The molecule has 2 nitrogen and oxygen atoms in total. The van der Waals surface area contributed by atoms with E-state index < -0.39 is 0 Å². The van der Waals surface area contributed by atoms with Gasteiger partial charge in [-0.3, -0.25) is 0 Å². The molecule has 0 radical (unpaired) electrons. The number of nitrogens with zero attached hydrogens (tertiary/aromatic N) is 2. The van der Waals surface area contributed by atoms with Crippen LogP contribution in [0.1, 0.15) is 211 Å². The Labute approximate surface area is 430 Å². The van der Waals surface area contributed by atoms with Crippen LogP contribution in [0.4, 0.5) is 34.1 Å². The van der Waals surface area contributed by atoms with Gasteiger partial charge in [0.2, 0.25) is 0 Å². The van der Waals surface area contributed by atoms with Crippen LogP contribution in [-0.2, 0) is 43.3 Å². The summed E-state index contributed by atoms with van der Waals surface area (Å²) in [5.41, 5.74) is 28.2. The summed E-state index contributed by atoms with van der Waals surface area (Å²) in [4.78, 5) is 5.52. The molecule has 5 aliphatic rings. The van der Waals surface area contributed by atoms with Crippen molar-refractivity contribution in [3.8, 4) is 0 Å². The van der Waals surface area contributed by atoms with E-state index in [0.717, 1.165) is 6.42 Å². The Kier molecular flexibility index (Phi) is 10.2. The van der Waals surface area contributed by atoms with Crippen molar-refractivity contribution >= 4 is 57.2 Å². The van der Waals surface area contributed by atoms with Gasteiger partial charge < -0.3 is 9.80 Å². The molecular formula is C68H83BN2. The summed E-state index contributed by atoms with van der Waals surface area (Å²) < 4.78 is 0. The zero-order valence-electron chi connectivity index (χ0n) is 47.2. The van der Waals surface area contributed by atoms with Crippen LogP contribution < -0.4 is 26.2 Å². The third kappa shape index (κ3) is 7.07. The number of fused-ring (bicyclic) bond motifs is 7. The lowest BCUT2D eigenvalue weighted by molar-refractivity contribution is 0.331. The molecule has 0 fully saturated rings. The quantitative estimate of drug-likeness (QED) is 0.162. The van der Waals surface area contributed by atoms with Crippen molar-refractivity contribution in [1.82, 2.24) is 0 Å². The molecule has 6 aromatic carbocycles. The monoisotopic (exact) mass is 939 g/mol. The van der Waals surface area contributed by atoms with E-state index in [1.54, 1.807) is 0 Å². The summed E-state index contributed by atoms with van der Waals surface area (Å²) in [7, 11) is 0. The van der Waals surface area contributed by atoms with Crippen LogP contribution in [0.25, 0.3) is 0 Å². The highest BCUT2D eigenvalue weighted by molar-refractivity contribution is 7.00. The van der Waals surface area contributed by atoms with E-state index >= 15 is 0 Å². The zero-order valence-corrected chi connectivity index (χ0v) is 47.2. The average molecular weight is 939 g/mol. The van der Waals surface area contributed by atoms with Gasteiger partial charge in [0, 0.05) is 39.5 Å². The van der Waals surface area contributed by atoms with Crippen molar-refractivity contribution in [1.29, 1.82) is 0 Å². The van der Waals surface area contributed by atoms with Crippen LogP contribution in [-0.4, -0.2) is 6.71 Å². The van der Waals surface area contributed by atoms with Gasteiger partial charge >= 0.3 is 0 Å². The van der Waals surface area contributed by atoms with Gasteiger partial charge in [-0.1, -0.05) is 178 Å². The first-order valence-corrected chi connectivity index (χ1v) is 27.4. The summed E-state index contributed by atoms with van der Waals surface area (Å²) in [5, 5.41) is 0. The second kappa shape index (κ2) is 15.0. The Bertz CT molecular complexity index is 3220. The maximum absolute atomic E-state index is 2.79. The number of hydrogen-bond donors (Lipinski definition) is 0. The molecule has 0 atom stereocenters. The number of anilines is 6. The maximum atomic E-state index is 2.79. The molecule has 11 rings (SSSR count). The lowest BCUT2D eigenvalue weighted by Gasteiger charge is -2.49. The molecule has 3 aliphatic carbocycles. The second-order valence-corrected chi connectivity index (χ2v) is 28.8. The van der Waals surface area contributed by atoms with Crippen molar-refractivity contribution < 1.29 is 0 Å². The summed E-state index contributed by atoms with van der Waals surface area (Å²) in [5.74, 6) is 0. The van der Waals surface area contributed by atoms with E-state index in [9.17, 15) is 0 Å². The van der Waals surface area contributed by atoms with E-state index in [2.05, 4.69) is 238 Å². The average Bonchev–Trinajstić information content (AvgIpc) is 3.49. The lowest BCUT2D eigenvalue weighted by Crippen LogP contribution is -2.62. The predicted octanol–water partition coefficient (Wildman–Crippen LogP) is 16.7. The van der Waals surface area contributed by atoms with E-state index in [4.69, 9.17) is 0 Å². The molecule has 6 aromatic rings. The smallest absolute Gasteiger partial charge is 0.252 e. The fourth-order valence-corrected chi connectivity index (χ4v) is 15.0. The molecule has 0 amide bonds. The van der Waals surface area contributed by atoms with E-state index in [1.807, 2.05) is 0 Å². The predicted molar refractivity (Wildman–Crippen MR) is 308 cm³/mol. The van der Waals surface area contributed by atoms with Crippen molar-refractivity contribution in [3.63, 3.8) is 0 Å². The summed E-state index contributed by atoms with van der Waals surface area (Å²) in [6.45, 7) is 46.8. The highest BCUT2D eigenvalue weighted by Crippen LogP contribution is 2.57. The Morgan fingerprint density at radius 1 is 0.408 bits per heavy atom. The van der Waals surface area contributed by atoms with E-state index in [-0.39, 0.29) is 50.0 Å². The van der Waals surface area contributed by atoms with Gasteiger partial charge in [0.25, 0.3) is 6.71 Å². The fraction of sp³-hybridized carbons (Fsp3) is 0.471. The van der Waals surface area contributed by atoms with Crippen LogP contribution in [0.5, 0.6) is 0 Å². The molecule has 368 valence electrons. The van der Waals surface area contributed by atoms with Crippen LogP contribution in [0, 0.1) is 13.8 Å². The largest absolute Gasteiger partial charge is 0.311 e. The van der Waals surface area contributed by atoms with Gasteiger partial charge in [0.05, 0.1) is 0 Å². The van der Waals surface area contributed by atoms with Crippen molar-refractivity contribution in [2.75, 3.05) is 9.80 Å². The summed E-state index contributed by atoms with van der Waals surface area (Å²) >= 11 is 0. The first-order valence-electron chi connectivity index (χ1n) is 27.4. The first-order chi connectivity index (χ1) is 32.9. The molecule has 0 N–H and O–H groups in total. The fourth-order valence-electron chi connectivity index (χ4n) is 15.0. The van der Waals surface area contributed by atoms with Gasteiger partial charge in [-0.15, -0.1) is 0 Å². The molecule has 71 heavy (non-hydrogen) atoms. The normalized spacial score (nSPS) is 20.4. The SMILES string of the molecule is Cc1cc2c(cc1N1c3cc4c(cc3B3c5cc(C(C)(C)c6ccccc6)ccc5N(c5ccc6c(c5C)C(C)(C)CC6(C)C)c5cc(C(C)(C)C)cc1c53)C(C)(C)CCC4(C)C)C(C)(C)CCC2(C)C. The number of benzene rings is 6. The molecular weight excluding hydrogens is 856 g/mol. The molecule has 0 spiro atoms. The summed E-state index contributed by atoms with van der Waals surface area (Å²) in [6.07, 6.45) is 5.88. The molecule has 0 bridgehead atoms. The minimum atomic E-state index is -0.217. The number of aryl methyl sites for hydroxylation is 1. The highest BCUT2D eigenvalue weighted by Gasteiger charge is 2.50. The number of rotatable bonds is 4. The minimum absolute atomic E-state index is 0.0163. The topological polar surface area (TPSA) is 6.48 Å². The molecule has 0 saturated heterocycles. The Hall–Kier alpha value is -5.02. The standard InChI is InChI=1S/C68H83BN2/c1-41-33-47-49(64(10,11)31-29-62(47,6)7)38-55(41)71-56-39-50-48(63(8,9)30-32-65(50,12)13)37-52(56)69-51-34-44(68(18,19)43-23-21-20-22-24-43)25-27-54(51)70(57-35-45(61(3,4)5)36-58(71)60(57)69)53-28-26-46-59(42(53)2)67(16,17)40-66(46,14)15/h20-28,33-39H,29-32,40H2,1-19H3. The molecule has 2 heterocycles. The van der Waals surface area contributed by atoms with Crippen LogP contribution in [0.2, 0.25) is 0 Å². The van der Waals surface area contributed by atoms with Gasteiger partial charge in [-0.05, 0) is 198 Å². The highest BCUT2D eigenvalue weighted by atomic mass is 15.2. The van der Waals surface area contributed by atoms with Gasteiger partial charge in [0.15, 0.2) is 0 Å². The third-order valence-electron chi connectivity index (χ3n) is 19.5. The summed E-state index contributed by atoms with van der Waals surface area (Å²) in [6, 6.07) is 39.7. The van der Waals surface area contributed by atoms with E-state index in [0.29, 0.717) is 0 Å². The van der Waals surface area contributed by atoms with Crippen molar-refractivity contribution in [2.24, 2.45) is 0 Å². The maximum Gasteiger partial charge on any atom is 0.252 e. The molecule has 0 unspecified atom stereocenters. The molecule has 2 aliphatic heterocycles. The van der Waals surface area contributed by atoms with Crippen molar-refractivity contribution in [3.05, 3.63) is 158 Å². The molecule has 0 saturated carbocycles. The van der Waals surface area contributed by atoms with Crippen LogP contribution >= 0.6 is 0 Å². The Morgan fingerprint density at radius 2 is 0.901 bits per heavy atom. The van der Waals surface area contributed by atoms with Gasteiger partial charge in [-0.25, -0.2) is 0 Å². The molecule has 3 heteroatoms. The van der Waals surface area contributed by atoms with Gasteiger partial charge in [0.1, 0.15) is 0 Å². The van der Waals surface area contributed by atoms with Crippen LogP contribution in [0.3, 0.4) is 0 Å². The van der Waals surface area contributed by atoms with Crippen LogP contribution in [0.15, 0.2) is 97.1 Å². The number of hydrogen-bond acceptors (Lipinski definition) is 2. The first kappa shape index (κ1) is 48.3.